The van der Waals surface area contributed by atoms with Gasteiger partial charge in [-0.2, -0.15) is 13.2 Å². The summed E-state index contributed by atoms with van der Waals surface area (Å²) >= 11 is 0. The molecule has 0 spiro atoms. The average molecular weight is 350 g/mol. The molecule has 3 nitrogen and oxygen atoms in total. The fraction of sp³-hybridized carbons (Fsp3) is 0.421. The van der Waals surface area contributed by atoms with E-state index in [4.69, 9.17) is 4.74 Å². The zero-order valence-electron chi connectivity index (χ0n) is 13.9. The third-order valence-electron chi connectivity index (χ3n) is 4.77. The molecule has 1 fully saturated rings. The number of nitrogens with zero attached hydrogens (tertiary/aromatic N) is 1. The maximum absolute atomic E-state index is 13.1. The number of hydrogen-bond acceptors (Lipinski definition) is 3. The molecule has 0 saturated carbocycles. The Bertz CT molecular complexity index is 683. The van der Waals surface area contributed by atoms with Crippen LogP contribution in [0.25, 0.3) is 0 Å². The number of hydrogen-bond donors (Lipinski definition) is 1. The minimum absolute atomic E-state index is 0.346. The van der Waals surface area contributed by atoms with Gasteiger partial charge in [0.05, 0.1) is 5.56 Å². The molecular weight excluding hydrogens is 329 g/mol. The van der Waals surface area contributed by atoms with E-state index in [1.807, 2.05) is 12.1 Å². The maximum atomic E-state index is 13.1. The van der Waals surface area contributed by atoms with Crippen LogP contribution in [0.1, 0.15) is 29.5 Å². The molecule has 0 aliphatic carbocycles. The molecular formula is C19H21F3N2O. The monoisotopic (exact) mass is 350 g/mol. The number of aromatic nitrogens is 1. The number of halogens is 3. The number of alkyl halides is 3. The molecule has 1 aliphatic rings. The molecule has 2 heterocycles. The van der Waals surface area contributed by atoms with Gasteiger partial charge in [0.25, 0.3) is 0 Å². The summed E-state index contributed by atoms with van der Waals surface area (Å²) in [6.07, 6.45) is 0.578. The van der Waals surface area contributed by atoms with Gasteiger partial charge in [-0.15, -0.1) is 0 Å². The third-order valence-corrected chi connectivity index (χ3v) is 4.77. The molecule has 1 N–H and O–H groups in total. The fourth-order valence-corrected chi connectivity index (χ4v) is 3.30. The lowest BCUT2D eigenvalue weighted by atomic mass is 9.73. The first kappa shape index (κ1) is 17.9. The molecule has 1 aromatic carbocycles. The molecule has 0 amide bonds. The average Bonchev–Trinajstić information content (AvgIpc) is 2.63. The van der Waals surface area contributed by atoms with Crippen LogP contribution in [0.2, 0.25) is 0 Å². The summed E-state index contributed by atoms with van der Waals surface area (Å²) in [5.41, 5.74) is 0.836. The molecule has 0 unspecified atom stereocenters. The Kier molecular flexibility index (Phi) is 5.39. The molecule has 0 atom stereocenters. The second kappa shape index (κ2) is 7.54. The van der Waals surface area contributed by atoms with Gasteiger partial charge in [0.1, 0.15) is 0 Å². The summed E-state index contributed by atoms with van der Waals surface area (Å²) in [7, 11) is 0. The number of benzene rings is 1. The van der Waals surface area contributed by atoms with Gasteiger partial charge in [-0.05, 0) is 36.1 Å². The van der Waals surface area contributed by atoms with Crippen LogP contribution in [-0.2, 0) is 22.9 Å². The lowest BCUT2D eigenvalue weighted by Gasteiger charge is -2.38. The van der Waals surface area contributed by atoms with E-state index in [9.17, 15) is 13.2 Å². The standard InChI is InChI=1S/C19H21F3N2O/c20-19(21,22)17-5-1-4-16(11-17)18(6-9-25-10-7-18)14-24-13-15-3-2-8-23-12-15/h1-5,8,11-12,24H,6-7,9-10,13-14H2. The molecule has 1 aliphatic heterocycles. The molecule has 25 heavy (non-hydrogen) atoms. The summed E-state index contributed by atoms with van der Waals surface area (Å²) in [6, 6.07) is 9.55. The van der Waals surface area contributed by atoms with Crippen molar-refractivity contribution in [3.8, 4) is 0 Å². The van der Waals surface area contributed by atoms with Gasteiger partial charge < -0.3 is 10.1 Å². The number of pyridine rings is 1. The molecule has 0 radical (unpaired) electrons. The quantitative estimate of drug-likeness (QED) is 0.887. The fourth-order valence-electron chi connectivity index (χ4n) is 3.30. The molecule has 2 aromatic rings. The number of rotatable bonds is 5. The first-order valence-electron chi connectivity index (χ1n) is 8.35. The van der Waals surface area contributed by atoms with Crippen molar-refractivity contribution in [1.82, 2.24) is 10.3 Å². The molecule has 1 aromatic heterocycles. The molecule has 6 heteroatoms. The first-order chi connectivity index (χ1) is 12.0. The lowest BCUT2D eigenvalue weighted by Crippen LogP contribution is -2.42. The Morgan fingerprint density at radius 1 is 1.12 bits per heavy atom. The van der Waals surface area contributed by atoms with Crippen LogP contribution in [-0.4, -0.2) is 24.7 Å². The van der Waals surface area contributed by atoms with E-state index < -0.39 is 11.7 Å². The normalized spacial score (nSPS) is 17.4. The van der Waals surface area contributed by atoms with Gasteiger partial charge in [-0.25, -0.2) is 0 Å². The van der Waals surface area contributed by atoms with Gasteiger partial charge in [0.15, 0.2) is 0 Å². The van der Waals surface area contributed by atoms with Crippen molar-refractivity contribution in [3.05, 3.63) is 65.5 Å². The van der Waals surface area contributed by atoms with Crippen LogP contribution in [0.3, 0.4) is 0 Å². The smallest absolute Gasteiger partial charge is 0.381 e. The lowest BCUT2D eigenvalue weighted by molar-refractivity contribution is -0.137. The summed E-state index contributed by atoms with van der Waals surface area (Å²) in [5, 5.41) is 3.39. The largest absolute Gasteiger partial charge is 0.416 e. The van der Waals surface area contributed by atoms with Crippen LogP contribution in [0, 0.1) is 0 Å². The second-order valence-electron chi connectivity index (χ2n) is 6.44. The molecule has 0 bridgehead atoms. The molecule has 134 valence electrons. The molecule has 1 saturated heterocycles. The summed E-state index contributed by atoms with van der Waals surface area (Å²) in [5.74, 6) is 0. The summed E-state index contributed by atoms with van der Waals surface area (Å²) in [6.45, 7) is 2.36. The zero-order valence-corrected chi connectivity index (χ0v) is 13.9. The van der Waals surface area contributed by atoms with E-state index >= 15 is 0 Å². The minimum atomic E-state index is -4.33. The van der Waals surface area contributed by atoms with Gasteiger partial charge in [-0.1, -0.05) is 24.3 Å². The van der Waals surface area contributed by atoms with Crippen molar-refractivity contribution in [3.63, 3.8) is 0 Å². The van der Waals surface area contributed by atoms with Crippen LogP contribution < -0.4 is 5.32 Å². The summed E-state index contributed by atoms with van der Waals surface area (Å²) in [4.78, 5) is 4.08. The van der Waals surface area contributed by atoms with Gasteiger partial charge in [0, 0.05) is 44.1 Å². The Labute approximate surface area is 145 Å². The Morgan fingerprint density at radius 3 is 2.60 bits per heavy atom. The van der Waals surface area contributed by atoms with Crippen molar-refractivity contribution in [2.24, 2.45) is 0 Å². The Balaban J connectivity index is 1.79. The van der Waals surface area contributed by atoms with Crippen LogP contribution >= 0.6 is 0 Å². The van der Waals surface area contributed by atoms with E-state index in [1.54, 1.807) is 18.5 Å². The SMILES string of the molecule is FC(F)(F)c1cccc(C2(CNCc3cccnc3)CCOCC2)c1. The van der Waals surface area contributed by atoms with Crippen LogP contribution in [0.4, 0.5) is 13.2 Å². The number of nitrogens with one attached hydrogen (secondary N) is 1. The zero-order chi connectivity index (χ0) is 17.8. The van der Waals surface area contributed by atoms with Crippen molar-refractivity contribution in [2.75, 3.05) is 19.8 Å². The highest BCUT2D eigenvalue weighted by Gasteiger charge is 2.37. The highest BCUT2D eigenvalue weighted by Crippen LogP contribution is 2.37. The van der Waals surface area contributed by atoms with Gasteiger partial charge in [0.2, 0.25) is 0 Å². The van der Waals surface area contributed by atoms with E-state index in [0.29, 0.717) is 39.1 Å². The first-order valence-corrected chi connectivity index (χ1v) is 8.35. The topological polar surface area (TPSA) is 34.2 Å². The van der Waals surface area contributed by atoms with E-state index in [2.05, 4.69) is 10.3 Å². The Morgan fingerprint density at radius 2 is 1.92 bits per heavy atom. The van der Waals surface area contributed by atoms with Gasteiger partial charge >= 0.3 is 6.18 Å². The second-order valence-corrected chi connectivity index (χ2v) is 6.44. The van der Waals surface area contributed by atoms with E-state index in [0.717, 1.165) is 17.2 Å². The third kappa shape index (κ3) is 4.38. The van der Waals surface area contributed by atoms with Crippen molar-refractivity contribution in [2.45, 2.75) is 31.0 Å². The van der Waals surface area contributed by atoms with Crippen molar-refractivity contribution >= 4 is 0 Å². The predicted molar refractivity (Wildman–Crippen MR) is 89.1 cm³/mol. The van der Waals surface area contributed by atoms with Gasteiger partial charge in [-0.3, -0.25) is 4.98 Å². The molecule has 3 rings (SSSR count). The highest BCUT2D eigenvalue weighted by molar-refractivity contribution is 5.33. The van der Waals surface area contributed by atoms with E-state index in [1.165, 1.54) is 12.1 Å². The maximum Gasteiger partial charge on any atom is 0.416 e. The van der Waals surface area contributed by atoms with Crippen molar-refractivity contribution < 1.29 is 17.9 Å². The van der Waals surface area contributed by atoms with Crippen LogP contribution in [0.5, 0.6) is 0 Å². The Hall–Kier alpha value is -1.92. The van der Waals surface area contributed by atoms with Crippen molar-refractivity contribution in [1.29, 1.82) is 0 Å². The highest BCUT2D eigenvalue weighted by atomic mass is 19.4. The minimum Gasteiger partial charge on any atom is -0.381 e. The number of ether oxygens (including phenoxy) is 1. The van der Waals surface area contributed by atoms with Crippen LogP contribution in [0.15, 0.2) is 48.8 Å². The predicted octanol–water partition coefficient (Wildman–Crippen LogP) is 3.94. The summed E-state index contributed by atoms with van der Waals surface area (Å²) < 4.78 is 44.7. The van der Waals surface area contributed by atoms with E-state index in [-0.39, 0.29) is 5.41 Å².